The first-order valence-electron chi connectivity index (χ1n) is 3.91. The van der Waals surface area contributed by atoms with E-state index < -0.39 is 5.97 Å². The summed E-state index contributed by atoms with van der Waals surface area (Å²) in [5.41, 5.74) is 5.68. The molecule has 1 aromatic rings. The molecule has 0 saturated heterocycles. The fourth-order valence-electron chi connectivity index (χ4n) is 0.947. The lowest BCUT2D eigenvalue weighted by Crippen LogP contribution is -2.03. The Kier molecular flexibility index (Phi) is 3.62. The molecule has 0 spiro atoms. The topological polar surface area (TPSA) is 76.2 Å². The number of hydrogen-bond acceptors (Lipinski definition) is 3. The summed E-state index contributed by atoms with van der Waals surface area (Å²) >= 11 is 5.57. The molecule has 3 N–H and O–H groups in total. The third-order valence-electron chi connectivity index (χ3n) is 1.53. The molecule has 0 atom stereocenters. The van der Waals surface area contributed by atoms with Gasteiger partial charge in [-0.1, -0.05) is 23.8 Å². The van der Waals surface area contributed by atoms with Gasteiger partial charge in [-0.2, -0.15) is 0 Å². The zero-order chi connectivity index (χ0) is 10.6. The summed E-state index contributed by atoms with van der Waals surface area (Å²) in [4.78, 5) is 14.5. The molecule has 0 aliphatic heterocycles. The van der Waals surface area contributed by atoms with E-state index in [1.165, 1.54) is 6.07 Å². The van der Waals surface area contributed by atoms with Gasteiger partial charge in [0.2, 0.25) is 0 Å². The van der Waals surface area contributed by atoms with Crippen LogP contribution in [-0.4, -0.2) is 22.6 Å². The summed E-state index contributed by atoms with van der Waals surface area (Å²) in [7, 11) is 0. The monoisotopic (exact) mass is 212 g/mol. The Balaban J connectivity index is 3.15. The van der Waals surface area contributed by atoms with Crippen molar-refractivity contribution in [3.05, 3.63) is 34.6 Å². The minimum atomic E-state index is -1.11. The van der Waals surface area contributed by atoms with E-state index in [4.69, 9.17) is 22.4 Å². The molecule has 0 bridgehead atoms. The Morgan fingerprint density at radius 3 is 2.93 bits per heavy atom. The Morgan fingerprint density at radius 2 is 2.36 bits per heavy atom. The van der Waals surface area contributed by atoms with E-state index in [1.54, 1.807) is 18.2 Å². The van der Waals surface area contributed by atoms with E-state index in [9.17, 15) is 4.79 Å². The quantitative estimate of drug-likeness (QED) is 0.743. The van der Waals surface area contributed by atoms with Crippen LogP contribution in [0.3, 0.4) is 0 Å². The molecule has 0 unspecified atom stereocenters. The van der Waals surface area contributed by atoms with Crippen LogP contribution in [0.2, 0.25) is 5.15 Å². The zero-order valence-corrected chi connectivity index (χ0v) is 8.03. The lowest BCUT2D eigenvalue weighted by molar-refractivity contribution is 0.0690. The van der Waals surface area contributed by atoms with Gasteiger partial charge in [0.15, 0.2) is 5.69 Å². The number of hydrogen-bond donors (Lipinski definition) is 2. The summed E-state index contributed by atoms with van der Waals surface area (Å²) in [5.74, 6) is -1.11. The van der Waals surface area contributed by atoms with Gasteiger partial charge in [-0.25, -0.2) is 9.78 Å². The molecule has 0 amide bonds. The van der Waals surface area contributed by atoms with Crippen molar-refractivity contribution < 1.29 is 9.90 Å². The minimum Gasteiger partial charge on any atom is -0.476 e. The van der Waals surface area contributed by atoms with Gasteiger partial charge in [-0.05, 0) is 12.1 Å². The van der Waals surface area contributed by atoms with Crippen LogP contribution in [0.15, 0.2) is 18.2 Å². The van der Waals surface area contributed by atoms with Crippen LogP contribution < -0.4 is 5.73 Å². The molecule has 0 aliphatic carbocycles. The molecule has 74 valence electrons. The number of carboxylic acids is 1. The van der Waals surface area contributed by atoms with E-state index >= 15 is 0 Å². The first-order chi connectivity index (χ1) is 6.65. The molecule has 0 saturated carbocycles. The smallest absolute Gasteiger partial charge is 0.355 e. The number of rotatable bonds is 3. The van der Waals surface area contributed by atoms with Crippen molar-refractivity contribution in [2.75, 3.05) is 6.54 Å². The van der Waals surface area contributed by atoms with Crippen molar-refractivity contribution in [1.82, 2.24) is 4.98 Å². The molecule has 1 heterocycles. The fraction of sp³-hybridized carbons (Fsp3) is 0.111. The number of aromatic nitrogens is 1. The average molecular weight is 213 g/mol. The molecule has 0 fully saturated rings. The number of carboxylic acid groups (broad SMARTS) is 1. The maximum absolute atomic E-state index is 10.8. The number of pyridine rings is 1. The second-order valence-corrected chi connectivity index (χ2v) is 2.90. The Labute approximate surface area is 86.0 Å². The second kappa shape index (κ2) is 4.74. The molecular weight excluding hydrogens is 204 g/mol. The van der Waals surface area contributed by atoms with Crippen LogP contribution in [0.5, 0.6) is 0 Å². The van der Waals surface area contributed by atoms with E-state index in [-0.39, 0.29) is 10.8 Å². The normalized spacial score (nSPS) is 10.7. The van der Waals surface area contributed by atoms with Gasteiger partial charge in [0, 0.05) is 12.1 Å². The molecule has 5 heteroatoms. The molecule has 1 rings (SSSR count). The molecule has 0 aromatic carbocycles. The number of halogens is 1. The van der Waals surface area contributed by atoms with Crippen molar-refractivity contribution in [2.45, 2.75) is 0 Å². The van der Waals surface area contributed by atoms with Gasteiger partial charge in [0.05, 0.1) is 0 Å². The highest BCUT2D eigenvalue weighted by Gasteiger charge is 2.09. The van der Waals surface area contributed by atoms with Crippen LogP contribution in [0.1, 0.15) is 16.1 Å². The first-order valence-corrected chi connectivity index (χ1v) is 4.29. The molecule has 0 radical (unpaired) electrons. The minimum absolute atomic E-state index is 0.0674. The molecule has 4 nitrogen and oxygen atoms in total. The van der Waals surface area contributed by atoms with Crippen LogP contribution in [0, 0.1) is 0 Å². The summed E-state index contributed by atoms with van der Waals surface area (Å²) in [6.07, 6.45) is 3.25. The molecular formula is C9H9ClN2O2. The lowest BCUT2D eigenvalue weighted by Gasteiger charge is -1.99. The third kappa shape index (κ3) is 2.55. The molecule has 14 heavy (non-hydrogen) atoms. The fourth-order valence-corrected chi connectivity index (χ4v) is 1.09. The maximum atomic E-state index is 10.8. The highest BCUT2D eigenvalue weighted by Crippen LogP contribution is 2.13. The van der Waals surface area contributed by atoms with Crippen molar-refractivity contribution in [3.8, 4) is 0 Å². The van der Waals surface area contributed by atoms with Crippen LogP contribution >= 0.6 is 11.6 Å². The molecule has 1 aromatic heterocycles. The molecule has 0 aliphatic rings. The van der Waals surface area contributed by atoms with E-state index in [1.807, 2.05) is 0 Å². The lowest BCUT2D eigenvalue weighted by atomic mass is 10.2. The number of nitrogens with two attached hydrogens (primary N) is 1. The Hall–Kier alpha value is -1.39. The van der Waals surface area contributed by atoms with Crippen molar-refractivity contribution in [1.29, 1.82) is 0 Å². The number of nitrogens with zero attached hydrogens (tertiary/aromatic N) is 1. The predicted molar refractivity (Wildman–Crippen MR) is 54.3 cm³/mol. The van der Waals surface area contributed by atoms with Crippen LogP contribution in [-0.2, 0) is 0 Å². The number of carbonyl (C=O) groups is 1. The van der Waals surface area contributed by atoms with Crippen molar-refractivity contribution in [2.24, 2.45) is 5.73 Å². The average Bonchev–Trinajstić information content (AvgIpc) is 2.15. The number of aromatic carboxylic acids is 1. The van der Waals surface area contributed by atoms with Crippen molar-refractivity contribution >= 4 is 23.6 Å². The van der Waals surface area contributed by atoms with Gasteiger partial charge in [0.25, 0.3) is 0 Å². The zero-order valence-electron chi connectivity index (χ0n) is 7.27. The predicted octanol–water partition coefficient (Wildman–Crippen LogP) is 1.41. The van der Waals surface area contributed by atoms with Crippen LogP contribution in [0.25, 0.3) is 6.08 Å². The third-order valence-corrected chi connectivity index (χ3v) is 1.74. The summed E-state index contributed by atoms with van der Waals surface area (Å²) in [5, 5.41) is 8.96. The van der Waals surface area contributed by atoms with Gasteiger partial charge >= 0.3 is 5.97 Å². The largest absolute Gasteiger partial charge is 0.476 e. The van der Waals surface area contributed by atoms with Crippen molar-refractivity contribution in [3.63, 3.8) is 0 Å². The Morgan fingerprint density at radius 1 is 1.64 bits per heavy atom. The van der Waals surface area contributed by atoms with E-state index in [2.05, 4.69) is 4.98 Å². The van der Waals surface area contributed by atoms with Gasteiger partial charge in [-0.15, -0.1) is 0 Å². The Bertz CT molecular complexity index is 377. The summed E-state index contributed by atoms with van der Waals surface area (Å²) in [6.45, 7) is 0.349. The van der Waals surface area contributed by atoms with Gasteiger partial charge < -0.3 is 10.8 Å². The van der Waals surface area contributed by atoms with Gasteiger partial charge in [0.1, 0.15) is 5.15 Å². The van der Waals surface area contributed by atoms with E-state index in [0.717, 1.165) is 0 Å². The SMILES string of the molecule is NCC=Cc1ccc(Cl)nc1C(=O)O. The highest BCUT2D eigenvalue weighted by molar-refractivity contribution is 6.29. The first kappa shape index (κ1) is 10.7. The second-order valence-electron chi connectivity index (χ2n) is 2.52. The van der Waals surface area contributed by atoms with Gasteiger partial charge in [-0.3, -0.25) is 0 Å². The van der Waals surface area contributed by atoms with Crippen LogP contribution in [0.4, 0.5) is 0 Å². The summed E-state index contributed by atoms with van der Waals surface area (Å²) < 4.78 is 0. The van der Waals surface area contributed by atoms with E-state index in [0.29, 0.717) is 12.1 Å². The highest BCUT2D eigenvalue weighted by atomic mass is 35.5. The summed E-state index contributed by atoms with van der Waals surface area (Å²) in [6, 6.07) is 3.12. The standard InChI is InChI=1S/C9H9ClN2O2/c10-7-4-3-6(2-1-5-11)8(12-7)9(13)14/h1-4H,5,11H2,(H,13,14). The maximum Gasteiger partial charge on any atom is 0.355 e.